The zero-order valence-electron chi connectivity index (χ0n) is 19.0. The van der Waals surface area contributed by atoms with E-state index < -0.39 is 70.4 Å². The lowest BCUT2D eigenvalue weighted by atomic mass is 9.87. The van der Waals surface area contributed by atoms with Gasteiger partial charge in [0, 0.05) is 12.8 Å². The number of carbonyl (C=O) groups is 2. The van der Waals surface area contributed by atoms with Gasteiger partial charge in [-0.2, -0.15) is 26.3 Å². The summed E-state index contributed by atoms with van der Waals surface area (Å²) in [5.74, 6) is -5.76. The number of alkyl halides is 6. The smallest absolute Gasteiger partial charge is 0.419 e. The molecule has 38 heavy (non-hydrogen) atoms. The molecule has 0 aromatic heterocycles. The minimum atomic E-state index is -4.98. The van der Waals surface area contributed by atoms with Gasteiger partial charge in [-0.1, -0.05) is 24.3 Å². The lowest BCUT2D eigenvalue weighted by molar-refractivity contribution is -0.140. The Hall–Kier alpha value is -3.96. The zero-order valence-corrected chi connectivity index (χ0v) is 19.0. The molecule has 0 bridgehead atoms. The maximum absolute atomic E-state index is 14.0. The average Bonchev–Trinajstić information content (AvgIpc) is 2.82. The van der Waals surface area contributed by atoms with Crippen molar-refractivity contribution in [3.8, 4) is 0 Å². The minimum Gasteiger partial charge on any atom is -0.454 e. The van der Waals surface area contributed by atoms with E-state index in [1.165, 1.54) is 0 Å². The SMILES string of the molecule is O=C(OC1Cc2ccccc2CC1OC(=O)c1ccc(C(F)(F)F)c(F)c1)c1ccc(C(F)(F)F)c(F)c1. The summed E-state index contributed by atoms with van der Waals surface area (Å²) in [6.07, 6.45) is -12.3. The molecule has 0 radical (unpaired) electrons. The van der Waals surface area contributed by atoms with Gasteiger partial charge in [0.15, 0.2) is 0 Å². The standard InChI is InChI=1S/C26H16F8O4/c27-19-9-15(5-7-17(19)25(29,30)31)23(35)37-21-11-13-3-1-2-4-14(13)12-22(21)38-24(36)16-6-8-18(20(28)10-16)26(32,33)34/h1-10,21-22H,11-12H2. The Morgan fingerprint density at radius 2 is 1.00 bits per heavy atom. The summed E-state index contributed by atoms with van der Waals surface area (Å²) in [4.78, 5) is 25.3. The van der Waals surface area contributed by atoms with E-state index in [1.54, 1.807) is 24.3 Å². The van der Waals surface area contributed by atoms with Crippen LogP contribution in [0.15, 0.2) is 60.7 Å². The molecule has 1 aliphatic carbocycles. The van der Waals surface area contributed by atoms with E-state index in [9.17, 15) is 44.7 Å². The van der Waals surface area contributed by atoms with Crippen LogP contribution in [-0.4, -0.2) is 24.1 Å². The van der Waals surface area contributed by atoms with Gasteiger partial charge in [-0.3, -0.25) is 0 Å². The molecular formula is C26H16F8O4. The van der Waals surface area contributed by atoms with Crippen LogP contribution in [0.25, 0.3) is 0 Å². The van der Waals surface area contributed by atoms with Crippen molar-refractivity contribution >= 4 is 11.9 Å². The highest BCUT2D eigenvalue weighted by Crippen LogP contribution is 2.33. The molecule has 0 spiro atoms. The monoisotopic (exact) mass is 544 g/mol. The van der Waals surface area contributed by atoms with Crippen LogP contribution < -0.4 is 0 Å². The molecule has 4 nitrogen and oxygen atoms in total. The summed E-state index contributed by atoms with van der Waals surface area (Å²) in [6, 6.07) is 9.78. The third kappa shape index (κ3) is 5.79. The van der Waals surface area contributed by atoms with Crippen molar-refractivity contribution in [2.45, 2.75) is 37.4 Å². The maximum Gasteiger partial charge on any atom is 0.419 e. The van der Waals surface area contributed by atoms with Crippen LogP contribution >= 0.6 is 0 Å². The van der Waals surface area contributed by atoms with Gasteiger partial charge in [0.1, 0.15) is 23.8 Å². The number of carbonyl (C=O) groups excluding carboxylic acids is 2. The van der Waals surface area contributed by atoms with Crippen LogP contribution in [0.3, 0.4) is 0 Å². The molecule has 2 unspecified atom stereocenters. The van der Waals surface area contributed by atoms with Crippen molar-refractivity contribution in [3.05, 3.63) is 106 Å². The number of hydrogen-bond acceptors (Lipinski definition) is 4. The normalized spacial score (nSPS) is 17.5. The van der Waals surface area contributed by atoms with Crippen LogP contribution in [0.4, 0.5) is 35.1 Å². The summed E-state index contributed by atoms with van der Waals surface area (Å²) in [7, 11) is 0. The van der Waals surface area contributed by atoms with Gasteiger partial charge < -0.3 is 9.47 Å². The van der Waals surface area contributed by atoms with E-state index in [2.05, 4.69) is 0 Å². The maximum atomic E-state index is 14.0. The van der Waals surface area contributed by atoms with E-state index in [1.807, 2.05) is 0 Å². The first-order chi connectivity index (χ1) is 17.7. The fraction of sp³-hybridized carbons (Fsp3) is 0.231. The highest BCUT2D eigenvalue weighted by Gasteiger charge is 2.38. The number of rotatable bonds is 4. The molecule has 0 heterocycles. The first-order valence-corrected chi connectivity index (χ1v) is 11.0. The second-order valence-corrected chi connectivity index (χ2v) is 8.45. The molecule has 2 atom stereocenters. The molecule has 0 saturated carbocycles. The highest BCUT2D eigenvalue weighted by atomic mass is 19.4. The Labute approximate surface area is 209 Å². The lowest BCUT2D eigenvalue weighted by Gasteiger charge is -2.32. The van der Waals surface area contributed by atoms with Crippen molar-refractivity contribution in [2.24, 2.45) is 0 Å². The van der Waals surface area contributed by atoms with E-state index in [0.29, 0.717) is 35.4 Å². The number of esters is 2. The van der Waals surface area contributed by atoms with Gasteiger partial charge in [-0.05, 0) is 47.5 Å². The van der Waals surface area contributed by atoms with Gasteiger partial charge in [0.25, 0.3) is 0 Å². The average molecular weight is 544 g/mol. The summed E-state index contributed by atoms with van der Waals surface area (Å²) in [5.41, 5.74) is -2.78. The summed E-state index contributed by atoms with van der Waals surface area (Å²) >= 11 is 0. The van der Waals surface area contributed by atoms with Crippen LogP contribution in [0.5, 0.6) is 0 Å². The van der Waals surface area contributed by atoms with Gasteiger partial charge in [-0.25, -0.2) is 18.4 Å². The van der Waals surface area contributed by atoms with E-state index in [0.717, 1.165) is 12.1 Å². The van der Waals surface area contributed by atoms with Crippen molar-refractivity contribution < 1.29 is 54.2 Å². The molecule has 0 N–H and O–H groups in total. The molecule has 3 aromatic carbocycles. The number of benzene rings is 3. The first kappa shape index (κ1) is 27.1. The topological polar surface area (TPSA) is 52.6 Å². The van der Waals surface area contributed by atoms with Crippen LogP contribution in [0, 0.1) is 11.6 Å². The Bertz CT molecular complexity index is 1280. The summed E-state index contributed by atoms with van der Waals surface area (Å²) < 4.78 is 116. The Balaban J connectivity index is 1.57. The number of ether oxygens (including phenoxy) is 2. The van der Waals surface area contributed by atoms with Crippen molar-refractivity contribution in [1.29, 1.82) is 0 Å². The van der Waals surface area contributed by atoms with E-state index >= 15 is 0 Å². The molecule has 200 valence electrons. The third-order valence-corrected chi connectivity index (χ3v) is 5.91. The highest BCUT2D eigenvalue weighted by molar-refractivity contribution is 5.90. The van der Waals surface area contributed by atoms with Gasteiger partial charge >= 0.3 is 24.3 Å². The Morgan fingerprint density at radius 3 is 1.32 bits per heavy atom. The Kier molecular flexibility index (Phi) is 7.18. The summed E-state index contributed by atoms with van der Waals surface area (Å²) in [5, 5.41) is 0. The van der Waals surface area contributed by atoms with Gasteiger partial charge in [0.2, 0.25) is 0 Å². The fourth-order valence-electron chi connectivity index (χ4n) is 4.04. The van der Waals surface area contributed by atoms with Crippen molar-refractivity contribution in [1.82, 2.24) is 0 Å². The Morgan fingerprint density at radius 1 is 0.632 bits per heavy atom. The first-order valence-electron chi connectivity index (χ1n) is 11.0. The van der Waals surface area contributed by atoms with E-state index in [-0.39, 0.29) is 12.8 Å². The molecule has 1 aliphatic rings. The van der Waals surface area contributed by atoms with Gasteiger partial charge in [0.05, 0.1) is 22.3 Å². The number of fused-ring (bicyclic) bond motifs is 1. The quantitative estimate of drug-likeness (QED) is 0.276. The molecule has 12 heteroatoms. The molecule has 4 rings (SSSR count). The molecule has 0 aliphatic heterocycles. The second kappa shape index (κ2) is 10.1. The number of hydrogen-bond donors (Lipinski definition) is 0. The number of halogens is 8. The predicted molar refractivity (Wildman–Crippen MR) is 115 cm³/mol. The molecule has 3 aromatic rings. The molecule has 0 fully saturated rings. The lowest BCUT2D eigenvalue weighted by Crippen LogP contribution is -2.41. The van der Waals surface area contributed by atoms with Crippen molar-refractivity contribution in [3.63, 3.8) is 0 Å². The van der Waals surface area contributed by atoms with Gasteiger partial charge in [-0.15, -0.1) is 0 Å². The van der Waals surface area contributed by atoms with E-state index in [4.69, 9.17) is 9.47 Å². The summed E-state index contributed by atoms with van der Waals surface area (Å²) in [6.45, 7) is 0. The second-order valence-electron chi connectivity index (χ2n) is 8.45. The predicted octanol–water partition coefficient (Wildman–Crippen LogP) is 6.55. The third-order valence-electron chi connectivity index (χ3n) is 5.91. The fourth-order valence-corrected chi connectivity index (χ4v) is 4.04. The minimum absolute atomic E-state index is 0.00431. The van der Waals surface area contributed by atoms with Crippen molar-refractivity contribution in [2.75, 3.05) is 0 Å². The molecular weight excluding hydrogens is 528 g/mol. The largest absolute Gasteiger partial charge is 0.454 e. The van der Waals surface area contributed by atoms with Crippen LogP contribution in [0.2, 0.25) is 0 Å². The van der Waals surface area contributed by atoms with Crippen LogP contribution in [-0.2, 0) is 34.7 Å². The molecule has 0 amide bonds. The molecule has 0 saturated heterocycles. The van der Waals surface area contributed by atoms with Crippen LogP contribution in [0.1, 0.15) is 43.0 Å². The zero-order chi connectivity index (χ0) is 27.8.